The maximum absolute atomic E-state index is 12.4. The number of rotatable bonds is 6. The van der Waals surface area contributed by atoms with Gasteiger partial charge in [-0.3, -0.25) is 13.9 Å². The maximum atomic E-state index is 12.4. The van der Waals surface area contributed by atoms with E-state index in [1.165, 1.54) is 47.4 Å². The molecule has 2 aromatic carbocycles. The van der Waals surface area contributed by atoms with Crippen LogP contribution in [0.15, 0.2) is 42.5 Å². The maximum Gasteiger partial charge on any atom is 0.253 e. The molecule has 0 atom stereocenters. The van der Waals surface area contributed by atoms with Gasteiger partial charge in [-0.05, 0) is 42.5 Å². The number of hydrogen-bond acceptors (Lipinski definition) is 4. The molecule has 7 nitrogen and oxygen atoms in total. The smallest absolute Gasteiger partial charge is 0.253 e. The Labute approximate surface area is 173 Å². The summed E-state index contributed by atoms with van der Waals surface area (Å²) in [6.07, 6.45) is 0.995. The first-order valence-electron chi connectivity index (χ1n) is 8.03. The minimum Gasteiger partial charge on any atom is -0.345 e. The van der Waals surface area contributed by atoms with Gasteiger partial charge in [0.2, 0.25) is 15.9 Å². The van der Waals surface area contributed by atoms with Crippen molar-refractivity contribution < 1.29 is 18.0 Å². The molecule has 0 radical (unpaired) electrons. The first-order chi connectivity index (χ1) is 13.0. The van der Waals surface area contributed by atoms with Crippen LogP contribution < -0.4 is 9.62 Å². The summed E-state index contributed by atoms with van der Waals surface area (Å²) in [5.74, 6) is -0.787. The number of carbonyl (C=O) groups is 2. The average Bonchev–Trinajstić information content (AvgIpc) is 2.57. The van der Waals surface area contributed by atoms with E-state index in [-0.39, 0.29) is 11.6 Å². The van der Waals surface area contributed by atoms with Crippen LogP contribution in [0.25, 0.3) is 0 Å². The molecule has 0 aromatic heterocycles. The van der Waals surface area contributed by atoms with Gasteiger partial charge in [0, 0.05) is 35.4 Å². The summed E-state index contributed by atoms with van der Waals surface area (Å²) >= 11 is 11.8. The lowest BCUT2D eigenvalue weighted by Crippen LogP contribution is -2.37. The molecule has 150 valence electrons. The van der Waals surface area contributed by atoms with Crippen LogP contribution in [0.2, 0.25) is 10.0 Å². The third kappa shape index (κ3) is 5.85. The number of benzene rings is 2. The minimum absolute atomic E-state index is 0.215. The predicted octanol–water partition coefficient (Wildman–Crippen LogP) is 3.10. The number of nitrogens with zero attached hydrogens (tertiary/aromatic N) is 2. The summed E-state index contributed by atoms with van der Waals surface area (Å²) in [5.41, 5.74) is 1.01. The Hall–Kier alpha value is -2.29. The van der Waals surface area contributed by atoms with E-state index in [1.54, 1.807) is 14.1 Å². The lowest BCUT2D eigenvalue weighted by molar-refractivity contribution is -0.114. The number of sulfonamides is 1. The monoisotopic (exact) mass is 443 g/mol. The van der Waals surface area contributed by atoms with Crippen molar-refractivity contribution in [3.63, 3.8) is 0 Å². The third-order valence-corrected chi connectivity index (χ3v) is 5.22. The van der Waals surface area contributed by atoms with Gasteiger partial charge in [0.1, 0.15) is 6.54 Å². The number of halogens is 2. The van der Waals surface area contributed by atoms with Crippen LogP contribution in [0.5, 0.6) is 0 Å². The van der Waals surface area contributed by atoms with Crippen LogP contribution >= 0.6 is 23.2 Å². The van der Waals surface area contributed by atoms with Crippen molar-refractivity contribution in [1.29, 1.82) is 0 Å². The lowest BCUT2D eigenvalue weighted by atomic mass is 10.2. The van der Waals surface area contributed by atoms with Crippen LogP contribution in [0.1, 0.15) is 10.4 Å². The van der Waals surface area contributed by atoms with Gasteiger partial charge < -0.3 is 10.2 Å². The SMILES string of the molecule is CN(C)C(=O)c1ccc(N(CC(=O)Nc2cc(Cl)cc(Cl)c2)S(C)(=O)=O)cc1. The highest BCUT2D eigenvalue weighted by Gasteiger charge is 2.21. The van der Waals surface area contributed by atoms with Gasteiger partial charge in [-0.2, -0.15) is 0 Å². The van der Waals surface area contributed by atoms with Crippen LogP contribution in [0.4, 0.5) is 11.4 Å². The van der Waals surface area contributed by atoms with Gasteiger partial charge in [0.15, 0.2) is 0 Å². The molecule has 2 amide bonds. The Balaban J connectivity index is 2.22. The van der Waals surface area contributed by atoms with Gasteiger partial charge in [-0.1, -0.05) is 23.2 Å². The van der Waals surface area contributed by atoms with Gasteiger partial charge in [-0.15, -0.1) is 0 Å². The van der Waals surface area contributed by atoms with Gasteiger partial charge in [0.25, 0.3) is 5.91 Å². The summed E-state index contributed by atoms with van der Waals surface area (Å²) in [5, 5.41) is 3.24. The van der Waals surface area contributed by atoms with Crippen molar-refractivity contribution in [2.45, 2.75) is 0 Å². The lowest BCUT2D eigenvalue weighted by Gasteiger charge is -2.22. The molecular formula is C18H19Cl2N3O4S. The molecule has 0 spiro atoms. The first kappa shape index (κ1) is 22.0. The van der Waals surface area contributed by atoms with E-state index < -0.39 is 22.5 Å². The van der Waals surface area contributed by atoms with Crippen molar-refractivity contribution in [2.75, 3.05) is 36.5 Å². The van der Waals surface area contributed by atoms with Crippen LogP contribution in [-0.4, -0.2) is 52.0 Å². The highest BCUT2D eigenvalue weighted by atomic mass is 35.5. The molecule has 2 rings (SSSR count). The molecule has 0 unspecified atom stereocenters. The zero-order chi connectivity index (χ0) is 21.1. The fourth-order valence-electron chi connectivity index (χ4n) is 2.39. The quantitative estimate of drug-likeness (QED) is 0.742. The molecule has 10 heteroatoms. The standard InChI is InChI=1S/C18H19Cl2N3O4S/c1-22(2)18(25)12-4-6-16(7-5-12)23(28(3,26)27)11-17(24)21-15-9-13(19)8-14(20)10-15/h4-10H,11H2,1-3H3,(H,21,24). The number of nitrogens with one attached hydrogen (secondary N) is 1. The molecule has 0 bridgehead atoms. The van der Waals surface area contributed by atoms with Crippen molar-refractivity contribution >= 4 is 56.4 Å². The Bertz CT molecular complexity index is 972. The largest absolute Gasteiger partial charge is 0.345 e. The van der Waals surface area contributed by atoms with E-state index >= 15 is 0 Å². The van der Waals surface area contributed by atoms with E-state index in [0.29, 0.717) is 21.3 Å². The molecule has 28 heavy (non-hydrogen) atoms. The molecule has 0 saturated carbocycles. The van der Waals surface area contributed by atoms with E-state index in [9.17, 15) is 18.0 Å². The zero-order valence-corrected chi connectivity index (χ0v) is 17.8. The van der Waals surface area contributed by atoms with E-state index in [0.717, 1.165) is 10.6 Å². The summed E-state index contributed by atoms with van der Waals surface area (Å²) in [6, 6.07) is 10.5. The highest BCUT2D eigenvalue weighted by Crippen LogP contribution is 2.23. The van der Waals surface area contributed by atoms with Crippen molar-refractivity contribution in [3.8, 4) is 0 Å². The average molecular weight is 444 g/mol. The Kier molecular flexibility index (Phi) is 6.92. The molecule has 0 heterocycles. The summed E-state index contributed by atoms with van der Waals surface area (Å²) in [6.45, 7) is -0.454. The summed E-state index contributed by atoms with van der Waals surface area (Å²) in [7, 11) is -0.513. The highest BCUT2D eigenvalue weighted by molar-refractivity contribution is 7.92. The summed E-state index contributed by atoms with van der Waals surface area (Å²) < 4.78 is 25.3. The number of amides is 2. The molecule has 0 aliphatic rings. The van der Waals surface area contributed by atoms with Crippen LogP contribution in [0, 0.1) is 0 Å². The molecular weight excluding hydrogens is 425 g/mol. The second-order valence-electron chi connectivity index (χ2n) is 6.22. The Morgan fingerprint density at radius 3 is 2.00 bits per heavy atom. The fraction of sp³-hybridized carbons (Fsp3) is 0.222. The molecule has 1 N–H and O–H groups in total. The van der Waals surface area contributed by atoms with E-state index in [2.05, 4.69) is 5.32 Å². The second kappa shape index (κ2) is 8.81. The summed E-state index contributed by atoms with van der Waals surface area (Å²) in [4.78, 5) is 25.7. The number of carbonyl (C=O) groups excluding carboxylic acids is 2. The first-order valence-corrected chi connectivity index (χ1v) is 10.6. The van der Waals surface area contributed by atoms with Gasteiger partial charge in [-0.25, -0.2) is 8.42 Å². The fourth-order valence-corrected chi connectivity index (χ4v) is 3.77. The predicted molar refractivity (Wildman–Crippen MR) is 112 cm³/mol. The molecule has 2 aromatic rings. The van der Waals surface area contributed by atoms with Crippen molar-refractivity contribution in [1.82, 2.24) is 4.90 Å². The number of anilines is 2. The topological polar surface area (TPSA) is 86.8 Å². The van der Waals surface area contributed by atoms with Gasteiger partial charge >= 0.3 is 0 Å². The van der Waals surface area contributed by atoms with Crippen molar-refractivity contribution in [2.24, 2.45) is 0 Å². The Morgan fingerprint density at radius 1 is 1.00 bits per heavy atom. The molecule has 0 fully saturated rings. The van der Waals surface area contributed by atoms with E-state index in [4.69, 9.17) is 23.2 Å². The Morgan fingerprint density at radius 2 is 1.54 bits per heavy atom. The van der Waals surface area contributed by atoms with E-state index in [1.807, 2.05) is 0 Å². The van der Waals surface area contributed by atoms with Crippen molar-refractivity contribution in [3.05, 3.63) is 58.1 Å². The van der Waals surface area contributed by atoms with Crippen LogP contribution in [-0.2, 0) is 14.8 Å². The number of hydrogen-bond donors (Lipinski definition) is 1. The minimum atomic E-state index is -3.75. The third-order valence-electron chi connectivity index (χ3n) is 3.64. The molecule has 0 aliphatic carbocycles. The second-order valence-corrected chi connectivity index (χ2v) is 9.00. The molecule has 0 saturated heterocycles. The van der Waals surface area contributed by atoms with Crippen LogP contribution in [0.3, 0.4) is 0 Å². The zero-order valence-electron chi connectivity index (χ0n) is 15.4. The van der Waals surface area contributed by atoms with Gasteiger partial charge in [0.05, 0.1) is 11.9 Å². The molecule has 0 aliphatic heterocycles. The normalized spacial score (nSPS) is 11.0.